The van der Waals surface area contributed by atoms with E-state index >= 15 is 0 Å². The first-order valence-electron chi connectivity index (χ1n) is 8.19. The molecule has 1 heterocycles. The minimum absolute atomic E-state index is 0.707. The molecule has 3 unspecified atom stereocenters. The number of hydrogen-bond donors (Lipinski definition) is 1. The van der Waals surface area contributed by atoms with Gasteiger partial charge in [-0.2, -0.15) is 11.8 Å². The van der Waals surface area contributed by atoms with E-state index in [1.165, 1.54) is 57.5 Å². The summed E-state index contributed by atoms with van der Waals surface area (Å²) in [5.41, 5.74) is 0. The highest BCUT2D eigenvalue weighted by atomic mass is 32.2. The number of rotatable bonds is 9. The molecule has 0 saturated carbocycles. The molecular formula is C16H34N2S. The van der Waals surface area contributed by atoms with Gasteiger partial charge in [-0.25, -0.2) is 0 Å². The Morgan fingerprint density at radius 1 is 1.26 bits per heavy atom. The van der Waals surface area contributed by atoms with Crippen LogP contribution in [0.25, 0.3) is 0 Å². The summed E-state index contributed by atoms with van der Waals surface area (Å²) < 4.78 is 0. The van der Waals surface area contributed by atoms with Crippen LogP contribution in [0.2, 0.25) is 0 Å². The van der Waals surface area contributed by atoms with Crippen LogP contribution in [0.1, 0.15) is 52.9 Å². The molecule has 0 amide bonds. The zero-order valence-electron chi connectivity index (χ0n) is 13.5. The summed E-state index contributed by atoms with van der Waals surface area (Å²) >= 11 is 1.98. The van der Waals surface area contributed by atoms with E-state index in [2.05, 4.69) is 37.2 Å². The van der Waals surface area contributed by atoms with E-state index in [9.17, 15) is 0 Å². The van der Waals surface area contributed by atoms with Crippen molar-refractivity contribution in [2.45, 2.75) is 65.0 Å². The molecule has 1 N–H and O–H groups in total. The van der Waals surface area contributed by atoms with Gasteiger partial charge in [-0.05, 0) is 43.7 Å². The van der Waals surface area contributed by atoms with Crippen molar-refractivity contribution in [3.05, 3.63) is 0 Å². The van der Waals surface area contributed by atoms with Gasteiger partial charge in [0.2, 0.25) is 0 Å². The van der Waals surface area contributed by atoms with Gasteiger partial charge in [0.05, 0.1) is 0 Å². The van der Waals surface area contributed by atoms with E-state index in [1.54, 1.807) is 0 Å². The molecule has 1 fully saturated rings. The second kappa shape index (κ2) is 10.1. The summed E-state index contributed by atoms with van der Waals surface area (Å²) in [4.78, 5) is 2.76. The van der Waals surface area contributed by atoms with Gasteiger partial charge in [-0.15, -0.1) is 0 Å². The molecule has 0 aliphatic carbocycles. The van der Waals surface area contributed by atoms with Crippen LogP contribution in [0.3, 0.4) is 0 Å². The molecule has 3 atom stereocenters. The lowest BCUT2D eigenvalue weighted by Crippen LogP contribution is -2.58. The van der Waals surface area contributed by atoms with Crippen molar-refractivity contribution >= 4 is 11.8 Å². The molecule has 114 valence electrons. The lowest BCUT2D eigenvalue weighted by Gasteiger charge is -2.42. The first kappa shape index (κ1) is 17.3. The van der Waals surface area contributed by atoms with E-state index in [0.717, 1.165) is 12.0 Å². The van der Waals surface area contributed by atoms with Gasteiger partial charge in [0, 0.05) is 25.2 Å². The van der Waals surface area contributed by atoms with Crippen LogP contribution in [0, 0.1) is 5.92 Å². The molecule has 1 aliphatic heterocycles. The smallest absolute Gasteiger partial charge is 0.0221 e. The van der Waals surface area contributed by atoms with Gasteiger partial charge in [-0.3, -0.25) is 4.90 Å². The highest BCUT2D eigenvalue weighted by Gasteiger charge is 2.28. The third kappa shape index (κ3) is 6.05. The molecule has 1 aliphatic rings. The molecule has 19 heavy (non-hydrogen) atoms. The van der Waals surface area contributed by atoms with E-state index in [0.29, 0.717) is 6.04 Å². The zero-order chi connectivity index (χ0) is 14.1. The quantitative estimate of drug-likeness (QED) is 0.652. The average Bonchev–Trinajstić information content (AvgIpc) is 2.46. The van der Waals surface area contributed by atoms with E-state index in [1.807, 2.05) is 11.8 Å². The molecule has 0 aromatic heterocycles. The summed E-state index contributed by atoms with van der Waals surface area (Å²) in [5, 5.41) is 3.77. The fourth-order valence-corrected chi connectivity index (χ4v) is 3.46. The third-order valence-electron chi connectivity index (χ3n) is 4.66. The van der Waals surface area contributed by atoms with E-state index in [4.69, 9.17) is 0 Å². The fourth-order valence-electron chi connectivity index (χ4n) is 2.96. The summed E-state index contributed by atoms with van der Waals surface area (Å²) in [6, 6.07) is 1.47. The van der Waals surface area contributed by atoms with Gasteiger partial charge in [0.1, 0.15) is 0 Å². The lowest BCUT2D eigenvalue weighted by atomic mass is 9.94. The minimum atomic E-state index is 0.707. The van der Waals surface area contributed by atoms with Crippen molar-refractivity contribution in [3.63, 3.8) is 0 Å². The van der Waals surface area contributed by atoms with Crippen molar-refractivity contribution in [3.8, 4) is 0 Å². The van der Waals surface area contributed by atoms with E-state index < -0.39 is 0 Å². The van der Waals surface area contributed by atoms with Crippen molar-refractivity contribution in [2.75, 3.05) is 31.6 Å². The summed E-state index contributed by atoms with van der Waals surface area (Å²) in [6.45, 7) is 10.8. The van der Waals surface area contributed by atoms with Gasteiger partial charge < -0.3 is 5.32 Å². The molecular weight excluding hydrogens is 252 g/mol. The Morgan fingerprint density at radius 2 is 2.05 bits per heavy atom. The second-order valence-electron chi connectivity index (χ2n) is 6.01. The molecule has 0 aromatic carbocycles. The van der Waals surface area contributed by atoms with Crippen LogP contribution in [0.15, 0.2) is 0 Å². The molecule has 0 aromatic rings. The highest BCUT2D eigenvalue weighted by molar-refractivity contribution is 7.98. The maximum Gasteiger partial charge on any atom is 0.0221 e. The van der Waals surface area contributed by atoms with Crippen LogP contribution in [0.5, 0.6) is 0 Å². The number of nitrogens with zero attached hydrogens (tertiary/aromatic N) is 1. The fraction of sp³-hybridized carbons (Fsp3) is 1.00. The molecule has 0 radical (unpaired) electrons. The lowest BCUT2D eigenvalue weighted by molar-refractivity contribution is 0.104. The van der Waals surface area contributed by atoms with Crippen molar-refractivity contribution in [1.29, 1.82) is 0 Å². The topological polar surface area (TPSA) is 15.3 Å². The maximum absolute atomic E-state index is 3.77. The maximum atomic E-state index is 3.77. The highest BCUT2D eigenvalue weighted by Crippen LogP contribution is 2.18. The summed E-state index contributed by atoms with van der Waals surface area (Å²) in [7, 11) is 0. The number of hydrogen-bond acceptors (Lipinski definition) is 3. The molecule has 3 heteroatoms. The molecule has 1 rings (SSSR count). The predicted molar refractivity (Wildman–Crippen MR) is 89.1 cm³/mol. The SMILES string of the molecule is CCC(C)C1CN(CCCCCSC)C(CC)CN1. The first-order valence-corrected chi connectivity index (χ1v) is 9.58. The number of nitrogens with one attached hydrogen (secondary N) is 1. The van der Waals surface area contributed by atoms with Crippen molar-refractivity contribution in [1.82, 2.24) is 10.2 Å². The van der Waals surface area contributed by atoms with Gasteiger partial charge in [-0.1, -0.05) is 33.6 Å². The summed E-state index contributed by atoms with van der Waals surface area (Å²) in [5.74, 6) is 2.13. The van der Waals surface area contributed by atoms with Crippen LogP contribution in [-0.2, 0) is 0 Å². The second-order valence-corrected chi connectivity index (χ2v) is 7.00. The largest absolute Gasteiger partial charge is 0.311 e. The Bertz CT molecular complexity index is 223. The Balaban J connectivity index is 2.33. The van der Waals surface area contributed by atoms with Crippen LogP contribution >= 0.6 is 11.8 Å². The number of thioether (sulfide) groups is 1. The Morgan fingerprint density at radius 3 is 2.68 bits per heavy atom. The van der Waals surface area contributed by atoms with Crippen LogP contribution in [-0.4, -0.2) is 48.6 Å². The van der Waals surface area contributed by atoms with Crippen LogP contribution < -0.4 is 5.32 Å². The standard InChI is InChI=1S/C16H34N2S/c1-5-14(3)16-13-18(15(6-2)12-17-16)10-8-7-9-11-19-4/h14-17H,5-13H2,1-4H3. The summed E-state index contributed by atoms with van der Waals surface area (Å²) in [6.07, 6.45) is 8.94. The van der Waals surface area contributed by atoms with Crippen molar-refractivity contribution < 1.29 is 0 Å². The minimum Gasteiger partial charge on any atom is -0.311 e. The molecule has 0 spiro atoms. The van der Waals surface area contributed by atoms with Gasteiger partial charge in [0.25, 0.3) is 0 Å². The first-order chi connectivity index (χ1) is 9.22. The predicted octanol–water partition coefficient (Wildman–Crippen LogP) is 3.62. The Hall–Kier alpha value is 0.270. The zero-order valence-corrected chi connectivity index (χ0v) is 14.3. The molecule has 1 saturated heterocycles. The molecule has 2 nitrogen and oxygen atoms in total. The van der Waals surface area contributed by atoms with Crippen LogP contribution in [0.4, 0.5) is 0 Å². The Kier molecular flexibility index (Phi) is 9.17. The Labute approximate surface area is 125 Å². The van der Waals surface area contributed by atoms with Gasteiger partial charge in [0.15, 0.2) is 0 Å². The average molecular weight is 287 g/mol. The number of unbranched alkanes of at least 4 members (excludes halogenated alkanes) is 2. The third-order valence-corrected chi connectivity index (χ3v) is 5.36. The number of piperazine rings is 1. The van der Waals surface area contributed by atoms with E-state index in [-0.39, 0.29) is 0 Å². The molecule has 0 bridgehead atoms. The van der Waals surface area contributed by atoms with Gasteiger partial charge >= 0.3 is 0 Å². The normalized spacial score (nSPS) is 26.5. The monoisotopic (exact) mass is 286 g/mol. The van der Waals surface area contributed by atoms with Crippen molar-refractivity contribution in [2.24, 2.45) is 5.92 Å².